The van der Waals surface area contributed by atoms with E-state index in [1.165, 1.54) is 63.3 Å². The van der Waals surface area contributed by atoms with E-state index < -0.39 is 0 Å². The summed E-state index contributed by atoms with van der Waals surface area (Å²) in [5, 5.41) is 0. The van der Waals surface area contributed by atoms with Crippen molar-refractivity contribution < 1.29 is 0 Å². The van der Waals surface area contributed by atoms with E-state index in [-0.39, 0.29) is 0 Å². The van der Waals surface area contributed by atoms with Crippen LogP contribution in [0.5, 0.6) is 0 Å². The quantitative estimate of drug-likeness (QED) is 0.333. The van der Waals surface area contributed by atoms with Crippen molar-refractivity contribution in [3.8, 4) is 32.0 Å². The summed E-state index contributed by atoms with van der Waals surface area (Å²) in [7, 11) is 0. The highest BCUT2D eigenvalue weighted by Gasteiger charge is 2.18. The lowest BCUT2D eigenvalue weighted by Gasteiger charge is -2.11. The topological polar surface area (TPSA) is 0 Å². The third-order valence-corrected chi connectivity index (χ3v) is 7.11. The molecule has 1 aliphatic rings. The molecule has 0 aliphatic heterocycles. The van der Waals surface area contributed by atoms with Crippen molar-refractivity contribution in [1.82, 2.24) is 0 Å². The fraction of sp³-hybridized carbons (Fsp3) is 0.185. The molecule has 1 heterocycles. The minimum absolute atomic E-state index is 0.769. The van der Waals surface area contributed by atoms with Gasteiger partial charge in [-0.2, -0.15) is 0 Å². The largest absolute Gasteiger partial charge is 0.135 e. The van der Waals surface area contributed by atoms with Crippen LogP contribution in [-0.2, 0) is 0 Å². The molecular formula is C27H24S. The molecule has 1 heteroatoms. The summed E-state index contributed by atoms with van der Waals surface area (Å²) in [5.74, 6) is 0.769. The van der Waals surface area contributed by atoms with Crippen molar-refractivity contribution >= 4 is 11.3 Å². The Hall–Kier alpha value is -2.64. The van der Waals surface area contributed by atoms with Crippen molar-refractivity contribution in [3.63, 3.8) is 0 Å². The monoisotopic (exact) mass is 380 g/mol. The molecule has 1 saturated carbocycles. The van der Waals surface area contributed by atoms with Crippen LogP contribution in [0.4, 0.5) is 0 Å². The van der Waals surface area contributed by atoms with Crippen LogP contribution >= 0.6 is 11.3 Å². The lowest BCUT2D eigenvalue weighted by atomic mass is 9.94. The summed E-state index contributed by atoms with van der Waals surface area (Å²) in [6, 6.07) is 33.3. The molecule has 1 aromatic heterocycles. The van der Waals surface area contributed by atoms with E-state index in [1.807, 2.05) is 11.3 Å². The molecule has 138 valence electrons. The van der Waals surface area contributed by atoms with E-state index in [2.05, 4.69) is 91.0 Å². The summed E-state index contributed by atoms with van der Waals surface area (Å²) in [6.45, 7) is 0. The van der Waals surface area contributed by atoms with Gasteiger partial charge in [0.25, 0.3) is 0 Å². The van der Waals surface area contributed by atoms with Gasteiger partial charge in [-0.25, -0.2) is 0 Å². The van der Waals surface area contributed by atoms with E-state index in [4.69, 9.17) is 0 Å². The van der Waals surface area contributed by atoms with Crippen LogP contribution in [0.15, 0.2) is 91.0 Å². The fourth-order valence-corrected chi connectivity index (χ4v) is 5.54. The highest BCUT2D eigenvalue weighted by molar-refractivity contribution is 7.19. The first-order valence-corrected chi connectivity index (χ1v) is 11.1. The average molecular weight is 381 g/mol. The Morgan fingerprint density at radius 1 is 0.607 bits per heavy atom. The van der Waals surface area contributed by atoms with Gasteiger partial charge in [-0.05, 0) is 47.1 Å². The van der Waals surface area contributed by atoms with Gasteiger partial charge in [0.2, 0.25) is 0 Å². The molecule has 0 radical (unpaired) electrons. The Morgan fingerprint density at radius 2 is 1.21 bits per heavy atom. The van der Waals surface area contributed by atoms with Gasteiger partial charge < -0.3 is 0 Å². The van der Waals surface area contributed by atoms with E-state index in [9.17, 15) is 0 Å². The number of benzene rings is 3. The standard InChI is InChI=1S/C27H24S/c1-3-11-23(12-4-1)26-19-25(27(28-26)24-13-5-2-6-14-24)22-17-15-21(16-18-22)20-9-7-8-10-20/h1-6,11-20H,7-10H2. The number of thiophene rings is 1. The number of hydrogen-bond acceptors (Lipinski definition) is 1. The van der Waals surface area contributed by atoms with Gasteiger partial charge in [0.1, 0.15) is 0 Å². The molecule has 28 heavy (non-hydrogen) atoms. The lowest BCUT2D eigenvalue weighted by molar-refractivity contribution is 0.723. The van der Waals surface area contributed by atoms with Gasteiger partial charge in [-0.1, -0.05) is 97.8 Å². The molecule has 1 fully saturated rings. The van der Waals surface area contributed by atoms with Crippen LogP contribution in [0, 0.1) is 0 Å². The predicted molar refractivity (Wildman–Crippen MR) is 122 cm³/mol. The molecule has 0 spiro atoms. The van der Waals surface area contributed by atoms with Crippen LogP contribution in [0.2, 0.25) is 0 Å². The molecular weight excluding hydrogens is 356 g/mol. The summed E-state index contributed by atoms with van der Waals surface area (Å²) in [4.78, 5) is 2.68. The van der Waals surface area contributed by atoms with E-state index >= 15 is 0 Å². The first-order valence-electron chi connectivity index (χ1n) is 10.2. The van der Waals surface area contributed by atoms with Gasteiger partial charge in [0.05, 0.1) is 0 Å². The van der Waals surface area contributed by atoms with Crippen LogP contribution in [-0.4, -0.2) is 0 Å². The summed E-state index contributed by atoms with van der Waals surface area (Å²) in [5.41, 5.74) is 6.76. The Morgan fingerprint density at radius 3 is 1.86 bits per heavy atom. The zero-order valence-electron chi connectivity index (χ0n) is 16.0. The number of hydrogen-bond donors (Lipinski definition) is 0. The second-order valence-corrected chi connectivity index (χ2v) is 8.74. The Balaban J connectivity index is 1.58. The number of rotatable bonds is 4. The van der Waals surface area contributed by atoms with Crippen LogP contribution in [0.1, 0.15) is 37.2 Å². The first-order chi connectivity index (χ1) is 13.9. The van der Waals surface area contributed by atoms with Gasteiger partial charge >= 0.3 is 0 Å². The summed E-state index contributed by atoms with van der Waals surface area (Å²) >= 11 is 1.89. The van der Waals surface area contributed by atoms with Gasteiger partial charge in [-0.15, -0.1) is 11.3 Å². The van der Waals surface area contributed by atoms with Crippen molar-refractivity contribution in [3.05, 3.63) is 96.6 Å². The predicted octanol–water partition coefficient (Wildman–Crippen LogP) is 8.41. The lowest BCUT2D eigenvalue weighted by Crippen LogP contribution is -1.91. The molecule has 0 N–H and O–H groups in total. The molecule has 4 aromatic rings. The van der Waals surface area contributed by atoms with Crippen molar-refractivity contribution in [2.45, 2.75) is 31.6 Å². The molecule has 0 bridgehead atoms. The van der Waals surface area contributed by atoms with Crippen molar-refractivity contribution in [1.29, 1.82) is 0 Å². The average Bonchev–Trinajstić information content (AvgIpc) is 3.46. The maximum atomic E-state index is 2.37. The Kier molecular flexibility index (Phi) is 4.85. The first kappa shape index (κ1) is 17.5. The zero-order chi connectivity index (χ0) is 18.8. The minimum atomic E-state index is 0.769. The van der Waals surface area contributed by atoms with Crippen LogP contribution in [0.25, 0.3) is 32.0 Å². The summed E-state index contributed by atoms with van der Waals surface area (Å²) in [6.07, 6.45) is 5.47. The second-order valence-electron chi connectivity index (χ2n) is 7.69. The van der Waals surface area contributed by atoms with Crippen LogP contribution < -0.4 is 0 Å². The third-order valence-electron chi connectivity index (χ3n) is 5.87. The highest BCUT2D eigenvalue weighted by Crippen LogP contribution is 2.44. The molecule has 0 saturated heterocycles. The van der Waals surface area contributed by atoms with Gasteiger partial charge in [0.15, 0.2) is 0 Å². The van der Waals surface area contributed by atoms with E-state index in [0.717, 1.165) is 5.92 Å². The van der Waals surface area contributed by atoms with E-state index in [0.29, 0.717) is 0 Å². The second kappa shape index (κ2) is 7.77. The molecule has 0 unspecified atom stereocenters. The molecule has 0 atom stereocenters. The molecule has 3 aromatic carbocycles. The molecule has 1 aliphatic carbocycles. The molecule has 0 nitrogen and oxygen atoms in total. The molecule has 5 rings (SSSR count). The third kappa shape index (κ3) is 3.43. The van der Waals surface area contributed by atoms with Crippen LogP contribution in [0.3, 0.4) is 0 Å². The van der Waals surface area contributed by atoms with Gasteiger partial charge in [0, 0.05) is 15.3 Å². The van der Waals surface area contributed by atoms with Crippen molar-refractivity contribution in [2.75, 3.05) is 0 Å². The maximum absolute atomic E-state index is 2.37. The Bertz CT molecular complexity index is 1040. The smallest absolute Gasteiger partial charge is 0.0427 e. The minimum Gasteiger partial charge on any atom is -0.135 e. The SMILES string of the molecule is c1ccc(-c2cc(-c3ccc(C4CCCC4)cc3)c(-c3ccccc3)s2)cc1. The van der Waals surface area contributed by atoms with Gasteiger partial charge in [-0.3, -0.25) is 0 Å². The summed E-state index contributed by atoms with van der Waals surface area (Å²) < 4.78 is 0. The zero-order valence-corrected chi connectivity index (χ0v) is 16.8. The maximum Gasteiger partial charge on any atom is 0.0427 e. The van der Waals surface area contributed by atoms with E-state index in [1.54, 1.807) is 0 Å². The Labute approximate surface area is 171 Å². The van der Waals surface area contributed by atoms with Crippen molar-refractivity contribution in [2.24, 2.45) is 0 Å². The molecule has 0 amide bonds. The highest BCUT2D eigenvalue weighted by atomic mass is 32.1. The fourth-order valence-electron chi connectivity index (χ4n) is 4.35. The normalized spacial score (nSPS) is 14.4.